The molecule has 0 radical (unpaired) electrons. The molecule has 1 aromatic carbocycles. The molecular formula is C17H18IN3O2. The Hall–Kier alpha value is -1.70. The van der Waals surface area contributed by atoms with Crippen molar-refractivity contribution >= 4 is 28.5 Å². The molecule has 0 bridgehead atoms. The quantitative estimate of drug-likeness (QED) is 0.753. The van der Waals surface area contributed by atoms with Gasteiger partial charge in [-0.25, -0.2) is 4.68 Å². The molecule has 1 saturated carbocycles. The maximum Gasteiger partial charge on any atom is 0.267 e. The minimum atomic E-state index is -0.620. The predicted molar refractivity (Wildman–Crippen MR) is 96.2 cm³/mol. The first-order valence-corrected chi connectivity index (χ1v) is 8.74. The standard InChI is InChI=1S/C17H18IN3O2/c1-11(17(23)19-10-12-2-6-14(18)7-3-12)21-16(22)9-8-15(20-21)13-4-5-13/h2-3,6-9,11,13H,4-5,10H2,1H3,(H,19,23). The van der Waals surface area contributed by atoms with E-state index in [0.29, 0.717) is 12.5 Å². The van der Waals surface area contributed by atoms with Crippen LogP contribution in [0.4, 0.5) is 0 Å². The smallest absolute Gasteiger partial charge is 0.267 e. The normalized spacial score (nSPS) is 15.2. The third kappa shape index (κ3) is 3.99. The Labute approximate surface area is 148 Å². The van der Waals surface area contributed by atoms with Gasteiger partial charge in [0.15, 0.2) is 0 Å². The number of hydrogen-bond acceptors (Lipinski definition) is 3. The van der Waals surface area contributed by atoms with Gasteiger partial charge in [-0.1, -0.05) is 12.1 Å². The van der Waals surface area contributed by atoms with Crippen molar-refractivity contribution in [2.24, 2.45) is 0 Å². The Morgan fingerprint density at radius 3 is 2.65 bits per heavy atom. The lowest BCUT2D eigenvalue weighted by Crippen LogP contribution is -2.37. The second-order valence-electron chi connectivity index (χ2n) is 5.84. The van der Waals surface area contributed by atoms with E-state index in [9.17, 15) is 9.59 Å². The highest BCUT2D eigenvalue weighted by Crippen LogP contribution is 2.38. The topological polar surface area (TPSA) is 64.0 Å². The lowest BCUT2D eigenvalue weighted by Gasteiger charge is -2.15. The van der Waals surface area contributed by atoms with E-state index in [0.717, 1.165) is 27.7 Å². The molecule has 2 aromatic rings. The first-order valence-electron chi connectivity index (χ1n) is 7.66. The van der Waals surface area contributed by atoms with E-state index in [2.05, 4.69) is 33.0 Å². The molecule has 0 spiro atoms. The Bertz CT molecular complexity index is 766. The number of rotatable bonds is 5. The van der Waals surface area contributed by atoms with Gasteiger partial charge in [-0.15, -0.1) is 0 Å². The number of halogens is 1. The Balaban J connectivity index is 1.68. The first kappa shape index (κ1) is 16.2. The van der Waals surface area contributed by atoms with E-state index < -0.39 is 6.04 Å². The number of aromatic nitrogens is 2. The van der Waals surface area contributed by atoms with Crippen molar-refractivity contribution in [1.29, 1.82) is 0 Å². The SMILES string of the molecule is CC(C(=O)NCc1ccc(I)cc1)n1nc(C2CC2)ccc1=O. The average Bonchev–Trinajstić information content (AvgIpc) is 3.39. The number of carbonyl (C=O) groups is 1. The maximum absolute atomic E-state index is 12.3. The highest BCUT2D eigenvalue weighted by Gasteiger charge is 2.27. The molecule has 1 fully saturated rings. The van der Waals surface area contributed by atoms with E-state index in [1.165, 1.54) is 10.7 Å². The molecule has 1 atom stereocenters. The molecule has 1 unspecified atom stereocenters. The number of nitrogens with one attached hydrogen (secondary N) is 1. The third-order valence-electron chi connectivity index (χ3n) is 3.97. The van der Waals surface area contributed by atoms with Gasteiger partial charge in [0.05, 0.1) is 5.69 Å². The van der Waals surface area contributed by atoms with Crippen LogP contribution in [0.2, 0.25) is 0 Å². The monoisotopic (exact) mass is 423 g/mol. The zero-order chi connectivity index (χ0) is 16.4. The summed E-state index contributed by atoms with van der Waals surface area (Å²) < 4.78 is 2.44. The second-order valence-corrected chi connectivity index (χ2v) is 7.08. The van der Waals surface area contributed by atoms with Crippen LogP contribution in [0, 0.1) is 3.57 Å². The minimum Gasteiger partial charge on any atom is -0.350 e. The Morgan fingerprint density at radius 2 is 2.00 bits per heavy atom. The van der Waals surface area contributed by atoms with Gasteiger partial charge in [0.2, 0.25) is 5.91 Å². The van der Waals surface area contributed by atoms with Crippen LogP contribution >= 0.6 is 22.6 Å². The third-order valence-corrected chi connectivity index (χ3v) is 4.69. The summed E-state index contributed by atoms with van der Waals surface area (Å²) in [6.07, 6.45) is 2.22. The van der Waals surface area contributed by atoms with Crippen molar-refractivity contribution in [3.05, 3.63) is 61.6 Å². The molecule has 1 aliphatic rings. The van der Waals surface area contributed by atoms with Gasteiger partial charge < -0.3 is 5.32 Å². The van der Waals surface area contributed by atoms with Crippen LogP contribution < -0.4 is 10.9 Å². The lowest BCUT2D eigenvalue weighted by atomic mass is 10.2. The summed E-state index contributed by atoms with van der Waals surface area (Å²) in [6.45, 7) is 2.14. The van der Waals surface area contributed by atoms with Crippen molar-refractivity contribution in [1.82, 2.24) is 15.1 Å². The first-order chi connectivity index (χ1) is 11.0. The maximum atomic E-state index is 12.3. The number of nitrogens with zero attached hydrogens (tertiary/aromatic N) is 2. The summed E-state index contributed by atoms with van der Waals surface area (Å²) in [5.41, 5.74) is 1.69. The van der Waals surface area contributed by atoms with Crippen LogP contribution in [0.15, 0.2) is 41.2 Å². The lowest BCUT2D eigenvalue weighted by molar-refractivity contribution is -0.124. The van der Waals surface area contributed by atoms with E-state index in [-0.39, 0.29) is 11.5 Å². The number of amides is 1. The summed E-state index contributed by atoms with van der Waals surface area (Å²) in [7, 11) is 0. The summed E-state index contributed by atoms with van der Waals surface area (Å²) in [6, 6.07) is 10.6. The van der Waals surface area contributed by atoms with Crippen molar-refractivity contribution < 1.29 is 4.79 Å². The largest absolute Gasteiger partial charge is 0.350 e. The zero-order valence-electron chi connectivity index (χ0n) is 12.8. The molecule has 3 rings (SSSR count). The van der Waals surface area contributed by atoms with Gasteiger partial charge >= 0.3 is 0 Å². The molecular weight excluding hydrogens is 405 g/mol. The molecule has 23 heavy (non-hydrogen) atoms. The molecule has 1 aromatic heterocycles. The van der Waals surface area contributed by atoms with E-state index >= 15 is 0 Å². The van der Waals surface area contributed by atoms with Gasteiger partial charge in [0.1, 0.15) is 6.04 Å². The van der Waals surface area contributed by atoms with Gasteiger partial charge in [-0.05, 0) is 66.1 Å². The average molecular weight is 423 g/mol. The Kier molecular flexibility index (Phi) is 4.79. The van der Waals surface area contributed by atoms with Crippen molar-refractivity contribution in [2.75, 3.05) is 0 Å². The predicted octanol–water partition coefficient (Wildman–Crippen LogP) is 2.60. The molecule has 5 nitrogen and oxygen atoms in total. The molecule has 0 aliphatic heterocycles. The van der Waals surface area contributed by atoms with E-state index in [4.69, 9.17) is 0 Å². The number of benzene rings is 1. The molecule has 0 saturated heterocycles. The van der Waals surface area contributed by atoms with Gasteiger partial charge in [0.25, 0.3) is 5.56 Å². The molecule has 1 aliphatic carbocycles. The summed E-state index contributed by atoms with van der Waals surface area (Å²) in [5.74, 6) is 0.245. The minimum absolute atomic E-state index is 0.203. The number of carbonyl (C=O) groups excluding carboxylic acids is 1. The molecule has 1 N–H and O–H groups in total. The second kappa shape index (κ2) is 6.82. The highest BCUT2D eigenvalue weighted by molar-refractivity contribution is 14.1. The molecule has 1 heterocycles. The van der Waals surface area contributed by atoms with Gasteiger partial charge in [-0.3, -0.25) is 9.59 Å². The summed E-state index contributed by atoms with van der Waals surface area (Å²) in [4.78, 5) is 24.3. The fourth-order valence-electron chi connectivity index (χ4n) is 2.36. The molecule has 6 heteroatoms. The van der Waals surface area contributed by atoms with Gasteiger partial charge in [-0.2, -0.15) is 5.10 Å². The molecule has 120 valence electrons. The highest BCUT2D eigenvalue weighted by atomic mass is 127. The zero-order valence-corrected chi connectivity index (χ0v) is 15.0. The van der Waals surface area contributed by atoms with Crippen LogP contribution in [-0.2, 0) is 11.3 Å². The molecule has 1 amide bonds. The van der Waals surface area contributed by atoms with Crippen LogP contribution in [0.25, 0.3) is 0 Å². The number of hydrogen-bond donors (Lipinski definition) is 1. The fraction of sp³-hybridized carbons (Fsp3) is 0.353. The Morgan fingerprint density at radius 1 is 1.30 bits per heavy atom. The summed E-state index contributed by atoms with van der Waals surface area (Å²) in [5, 5.41) is 7.23. The van der Waals surface area contributed by atoms with Crippen LogP contribution in [0.3, 0.4) is 0 Å². The van der Waals surface area contributed by atoms with Crippen LogP contribution in [0.5, 0.6) is 0 Å². The van der Waals surface area contributed by atoms with Crippen molar-refractivity contribution in [3.63, 3.8) is 0 Å². The van der Waals surface area contributed by atoms with Crippen LogP contribution in [-0.4, -0.2) is 15.7 Å². The van der Waals surface area contributed by atoms with Gasteiger partial charge in [0, 0.05) is 22.1 Å². The van der Waals surface area contributed by atoms with Crippen LogP contribution in [0.1, 0.15) is 43.0 Å². The van der Waals surface area contributed by atoms with Crippen molar-refractivity contribution in [3.8, 4) is 0 Å². The van der Waals surface area contributed by atoms with E-state index in [1.807, 2.05) is 24.3 Å². The fourth-order valence-corrected chi connectivity index (χ4v) is 2.72. The summed E-state index contributed by atoms with van der Waals surface area (Å²) >= 11 is 2.24. The van der Waals surface area contributed by atoms with E-state index in [1.54, 1.807) is 13.0 Å². The van der Waals surface area contributed by atoms with Crippen molar-refractivity contribution in [2.45, 2.75) is 38.3 Å².